The van der Waals surface area contributed by atoms with E-state index in [2.05, 4.69) is 71.8 Å². The number of thioether (sulfide) groups is 1. The monoisotopic (exact) mass is 616 g/mol. The number of hydrogen-bond donors (Lipinski definition) is 2. The number of amides is 1. The van der Waals surface area contributed by atoms with Crippen LogP contribution in [0.25, 0.3) is 11.1 Å². The summed E-state index contributed by atoms with van der Waals surface area (Å²) in [5.74, 6) is 0.749. The summed E-state index contributed by atoms with van der Waals surface area (Å²) in [4.78, 5) is 17.8. The van der Waals surface area contributed by atoms with Gasteiger partial charge < -0.3 is 19.9 Å². The van der Waals surface area contributed by atoms with Crippen LogP contribution in [0.2, 0.25) is 0 Å². The van der Waals surface area contributed by atoms with Crippen LogP contribution in [0.15, 0.2) is 133 Å². The Kier molecular flexibility index (Phi) is 10.0. The molecule has 6 nitrogen and oxygen atoms in total. The van der Waals surface area contributed by atoms with Gasteiger partial charge in [-0.2, -0.15) is 0 Å². The number of nitrogens with zero attached hydrogens (tertiary/aromatic N) is 1. The Hall–Kier alpha value is -4.27. The smallest absolute Gasteiger partial charge is 0.253 e. The fourth-order valence-corrected chi connectivity index (χ4v) is 6.60. The summed E-state index contributed by atoms with van der Waals surface area (Å²) in [5, 5.41) is 12.5. The van der Waals surface area contributed by atoms with Crippen molar-refractivity contribution >= 4 is 17.7 Å². The summed E-state index contributed by atoms with van der Waals surface area (Å²) in [5.41, 5.74) is 6.50. The number of hydrogen-bond acceptors (Lipinski definition) is 6. The number of rotatable bonds is 10. The van der Waals surface area contributed by atoms with E-state index in [-0.39, 0.29) is 30.6 Å². The topological polar surface area (TPSA) is 80.7 Å². The van der Waals surface area contributed by atoms with E-state index in [4.69, 9.17) is 9.47 Å². The number of pyridine rings is 1. The molecule has 0 aliphatic carbocycles. The molecule has 2 N–H and O–H groups in total. The molecule has 4 aromatic carbocycles. The molecule has 4 unspecified atom stereocenters. The molecular weight excluding hydrogens is 580 g/mol. The Balaban J connectivity index is 1.22. The molecule has 2 heterocycles. The van der Waals surface area contributed by atoms with Gasteiger partial charge in [0, 0.05) is 41.1 Å². The average molecular weight is 617 g/mol. The molecule has 1 amide bonds. The zero-order valence-electron chi connectivity index (χ0n) is 25.1. The molecule has 1 fully saturated rings. The molecular formula is C38H36N2O4S. The lowest BCUT2D eigenvalue weighted by Crippen LogP contribution is -2.38. The van der Waals surface area contributed by atoms with Crippen LogP contribution in [0, 0.1) is 5.92 Å². The largest absolute Gasteiger partial charge is 0.392 e. The van der Waals surface area contributed by atoms with E-state index < -0.39 is 6.29 Å². The highest BCUT2D eigenvalue weighted by atomic mass is 32.2. The summed E-state index contributed by atoms with van der Waals surface area (Å²) in [6.45, 7) is 2.60. The van der Waals surface area contributed by atoms with Crippen molar-refractivity contribution in [2.45, 2.75) is 43.5 Å². The van der Waals surface area contributed by atoms with Gasteiger partial charge in [0.25, 0.3) is 5.91 Å². The van der Waals surface area contributed by atoms with Gasteiger partial charge in [0.15, 0.2) is 6.29 Å². The van der Waals surface area contributed by atoms with Crippen molar-refractivity contribution in [3.8, 4) is 11.1 Å². The third-order valence-electron chi connectivity index (χ3n) is 8.08. The first-order valence-electron chi connectivity index (χ1n) is 15.1. The highest BCUT2D eigenvalue weighted by Crippen LogP contribution is 2.43. The third kappa shape index (κ3) is 7.70. The van der Waals surface area contributed by atoms with Crippen LogP contribution in [0.5, 0.6) is 0 Å². The summed E-state index contributed by atoms with van der Waals surface area (Å²) >= 11 is 1.79. The number of aliphatic hydroxyl groups is 1. The molecule has 0 saturated carbocycles. The van der Waals surface area contributed by atoms with Crippen molar-refractivity contribution in [1.82, 2.24) is 10.3 Å². The van der Waals surface area contributed by atoms with E-state index >= 15 is 0 Å². The third-order valence-corrected chi connectivity index (χ3v) is 9.18. The fraction of sp³-hybridized carbons (Fsp3) is 0.211. The minimum absolute atomic E-state index is 0.00824. The predicted octanol–water partition coefficient (Wildman–Crippen LogP) is 7.75. The molecule has 7 heteroatoms. The molecule has 6 rings (SSSR count). The molecule has 45 heavy (non-hydrogen) atoms. The second-order valence-electron chi connectivity index (χ2n) is 11.2. The number of carbonyl (C=O) groups is 1. The second-order valence-corrected chi connectivity index (χ2v) is 12.3. The van der Waals surface area contributed by atoms with Crippen LogP contribution in [-0.4, -0.2) is 27.9 Å². The van der Waals surface area contributed by atoms with Crippen molar-refractivity contribution in [1.29, 1.82) is 0 Å². The Morgan fingerprint density at radius 3 is 2.36 bits per heavy atom. The number of ether oxygens (including phenoxy) is 2. The van der Waals surface area contributed by atoms with E-state index in [1.54, 1.807) is 36.3 Å². The van der Waals surface area contributed by atoms with E-state index in [0.29, 0.717) is 12.1 Å². The second kappa shape index (κ2) is 14.7. The number of aliphatic hydroxyl groups excluding tert-OH is 1. The van der Waals surface area contributed by atoms with E-state index in [1.807, 2.05) is 48.5 Å². The quantitative estimate of drug-likeness (QED) is 0.156. The van der Waals surface area contributed by atoms with Crippen LogP contribution in [0.3, 0.4) is 0 Å². The molecule has 0 radical (unpaired) electrons. The molecule has 1 aliphatic rings. The maximum absolute atomic E-state index is 12.5. The fourth-order valence-electron chi connectivity index (χ4n) is 5.51. The van der Waals surface area contributed by atoms with Crippen LogP contribution < -0.4 is 5.32 Å². The minimum Gasteiger partial charge on any atom is -0.392 e. The Bertz CT molecular complexity index is 1700. The van der Waals surface area contributed by atoms with Gasteiger partial charge in [0.1, 0.15) is 0 Å². The minimum atomic E-state index is -0.549. The molecule has 1 aromatic heterocycles. The molecule has 0 spiro atoms. The Morgan fingerprint density at radius 1 is 0.822 bits per heavy atom. The van der Waals surface area contributed by atoms with E-state index in [1.165, 1.54) is 4.90 Å². The van der Waals surface area contributed by atoms with Gasteiger partial charge in [-0.3, -0.25) is 9.78 Å². The van der Waals surface area contributed by atoms with Crippen molar-refractivity contribution in [2.24, 2.45) is 5.92 Å². The van der Waals surface area contributed by atoms with Crippen LogP contribution in [0.1, 0.15) is 51.9 Å². The van der Waals surface area contributed by atoms with Crippen LogP contribution in [-0.2, 0) is 22.6 Å². The molecule has 1 aliphatic heterocycles. The van der Waals surface area contributed by atoms with Gasteiger partial charge in [-0.1, -0.05) is 85.8 Å². The number of nitrogens with one attached hydrogen (secondary N) is 1. The Labute approximate surface area is 268 Å². The van der Waals surface area contributed by atoms with Gasteiger partial charge in [0.2, 0.25) is 0 Å². The highest BCUT2D eigenvalue weighted by molar-refractivity contribution is 7.99. The Morgan fingerprint density at radius 2 is 1.60 bits per heavy atom. The lowest BCUT2D eigenvalue weighted by Gasteiger charge is -2.41. The summed E-state index contributed by atoms with van der Waals surface area (Å²) in [7, 11) is 0. The number of aromatic nitrogens is 1. The molecule has 228 valence electrons. The predicted molar refractivity (Wildman–Crippen MR) is 177 cm³/mol. The molecule has 4 atom stereocenters. The maximum Gasteiger partial charge on any atom is 0.253 e. The zero-order valence-corrected chi connectivity index (χ0v) is 25.9. The summed E-state index contributed by atoms with van der Waals surface area (Å²) in [6.07, 6.45) is 2.44. The van der Waals surface area contributed by atoms with Gasteiger partial charge >= 0.3 is 0 Å². The summed E-state index contributed by atoms with van der Waals surface area (Å²) in [6, 6.07) is 38.4. The lowest BCUT2D eigenvalue weighted by molar-refractivity contribution is -0.268. The van der Waals surface area contributed by atoms with E-state index in [9.17, 15) is 9.90 Å². The van der Waals surface area contributed by atoms with Gasteiger partial charge in [-0.05, 0) is 64.2 Å². The maximum atomic E-state index is 12.5. The van der Waals surface area contributed by atoms with Crippen LogP contribution in [0.4, 0.5) is 0 Å². The van der Waals surface area contributed by atoms with Crippen molar-refractivity contribution in [2.75, 3.05) is 5.75 Å². The average Bonchev–Trinajstić information content (AvgIpc) is 3.11. The summed E-state index contributed by atoms with van der Waals surface area (Å²) < 4.78 is 13.4. The van der Waals surface area contributed by atoms with Crippen molar-refractivity contribution in [3.05, 3.63) is 155 Å². The normalized spacial score (nSPS) is 19.6. The van der Waals surface area contributed by atoms with Crippen LogP contribution >= 0.6 is 11.8 Å². The van der Waals surface area contributed by atoms with Gasteiger partial charge in [-0.25, -0.2) is 0 Å². The van der Waals surface area contributed by atoms with Gasteiger partial charge in [0.05, 0.1) is 24.4 Å². The first-order chi connectivity index (χ1) is 22.1. The van der Waals surface area contributed by atoms with Gasteiger partial charge in [-0.15, -0.1) is 11.8 Å². The standard InChI is InChI=1S/C38H36N2O4S/c1-26-35(25-45-34-13-3-2-4-14-34)43-38(44-36(26)29-17-15-27(24-41)16-18-29)32-11-6-10-31(21-32)30-9-5-8-28(20-30)22-40-37(42)33-12-7-19-39-23-33/h2-21,23,26,35-36,38,41H,22,24-25H2,1H3,(H,40,42). The number of carbonyl (C=O) groups excluding carboxylic acids is 1. The van der Waals surface area contributed by atoms with E-state index in [0.717, 1.165) is 39.1 Å². The first-order valence-corrected chi connectivity index (χ1v) is 16.1. The molecule has 5 aromatic rings. The molecule has 1 saturated heterocycles. The number of benzene rings is 4. The lowest BCUT2D eigenvalue weighted by atomic mass is 9.91. The first kappa shape index (κ1) is 30.7. The van der Waals surface area contributed by atoms with Crippen molar-refractivity contribution in [3.63, 3.8) is 0 Å². The highest BCUT2D eigenvalue weighted by Gasteiger charge is 2.38. The zero-order chi connectivity index (χ0) is 31.0. The molecule has 0 bridgehead atoms. The SMILES string of the molecule is CC1C(CSc2ccccc2)OC(c2cccc(-c3cccc(CNC(=O)c4cccnc4)c3)c2)OC1c1ccc(CO)cc1. The van der Waals surface area contributed by atoms with Crippen molar-refractivity contribution < 1.29 is 19.4 Å².